The summed E-state index contributed by atoms with van der Waals surface area (Å²) in [6.45, 7) is 0.918. The third kappa shape index (κ3) is 5.48. The van der Waals surface area contributed by atoms with E-state index in [1.165, 1.54) is 0 Å². The molecular weight excluding hydrogens is 273 g/mol. The molecular formula is C14H19F3O3. The Hall–Kier alpha value is -1.11. The van der Waals surface area contributed by atoms with E-state index in [4.69, 9.17) is 4.74 Å². The lowest BCUT2D eigenvalue weighted by Gasteiger charge is -2.27. The van der Waals surface area contributed by atoms with Crippen molar-refractivity contribution in [2.75, 3.05) is 6.61 Å². The Kier molecular flexibility index (Phi) is 5.98. The first-order valence-electron chi connectivity index (χ1n) is 6.31. The maximum Gasteiger partial charge on any atom is 0.416 e. The Morgan fingerprint density at radius 1 is 1.20 bits per heavy atom. The number of aliphatic hydroxyl groups excluding tert-OH is 1. The van der Waals surface area contributed by atoms with Gasteiger partial charge in [-0.15, -0.1) is 0 Å². The minimum absolute atomic E-state index is 0.0666. The Morgan fingerprint density at radius 2 is 1.80 bits per heavy atom. The molecule has 6 heteroatoms. The molecule has 0 aliphatic carbocycles. The predicted molar refractivity (Wildman–Crippen MR) is 68.0 cm³/mol. The SMILES string of the molecule is C[C@@](O)(CC[C@H](O)COCc1ccccc1)C(F)(F)F. The molecule has 0 aromatic heterocycles. The summed E-state index contributed by atoms with van der Waals surface area (Å²) in [5.74, 6) is 0. The maximum absolute atomic E-state index is 12.4. The monoisotopic (exact) mass is 292 g/mol. The van der Waals surface area contributed by atoms with Gasteiger partial charge in [0, 0.05) is 0 Å². The molecule has 1 rings (SSSR count). The van der Waals surface area contributed by atoms with Crippen LogP contribution in [0.15, 0.2) is 30.3 Å². The highest BCUT2D eigenvalue weighted by molar-refractivity contribution is 5.13. The molecule has 114 valence electrons. The molecule has 0 fully saturated rings. The van der Waals surface area contributed by atoms with Gasteiger partial charge in [-0.2, -0.15) is 13.2 Å². The Labute approximate surface area is 116 Å². The van der Waals surface area contributed by atoms with Gasteiger partial charge in [0.05, 0.1) is 19.3 Å². The van der Waals surface area contributed by atoms with E-state index in [9.17, 15) is 23.4 Å². The molecule has 0 aliphatic rings. The largest absolute Gasteiger partial charge is 0.416 e. The minimum atomic E-state index is -4.70. The second-order valence-electron chi connectivity index (χ2n) is 4.96. The average molecular weight is 292 g/mol. The van der Waals surface area contributed by atoms with Gasteiger partial charge in [0.15, 0.2) is 5.60 Å². The number of aliphatic hydroxyl groups is 2. The number of ether oxygens (including phenoxy) is 1. The number of alkyl halides is 3. The van der Waals surface area contributed by atoms with Gasteiger partial charge in [-0.1, -0.05) is 30.3 Å². The highest BCUT2D eigenvalue weighted by Crippen LogP contribution is 2.33. The highest BCUT2D eigenvalue weighted by atomic mass is 19.4. The van der Waals surface area contributed by atoms with E-state index in [1.54, 1.807) is 0 Å². The maximum atomic E-state index is 12.4. The van der Waals surface area contributed by atoms with E-state index in [1.807, 2.05) is 30.3 Å². The summed E-state index contributed by atoms with van der Waals surface area (Å²) in [4.78, 5) is 0. The van der Waals surface area contributed by atoms with Crippen molar-refractivity contribution in [3.05, 3.63) is 35.9 Å². The van der Waals surface area contributed by atoms with Crippen LogP contribution in [0.1, 0.15) is 25.3 Å². The zero-order chi connectivity index (χ0) is 15.2. The fourth-order valence-corrected chi connectivity index (χ4v) is 1.56. The lowest BCUT2D eigenvalue weighted by molar-refractivity contribution is -0.256. The number of hydrogen-bond donors (Lipinski definition) is 2. The Bertz CT molecular complexity index is 390. The molecule has 0 bridgehead atoms. The molecule has 1 aromatic carbocycles. The molecule has 0 saturated heterocycles. The second kappa shape index (κ2) is 7.06. The number of rotatable bonds is 7. The molecule has 1 aromatic rings. The van der Waals surface area contributed by atoms with Crippen LogP contribution in [0.3, 0.4) is 0 Å². The zero-order valence-electron chi connectivity index (χ0n) is 11.2. The lowest BCUT2D eigenvalue weighted by atomic mass is 9.97. The van der Waals surface area contributed by atoms with Gasteiger partial charge in [0.25, 0.3) is 0 Å². The van der Waals surface area contributed by atoms with Gasteiger partial charge in [-0.3, -0.25) is 0 Å². The molecule has 3 nitrogen and oxygen atoms in total. The quantitative estimate of drug-likeness (QED) is 0.812. The van der Waals surface area contributed by atoms with Gasteiger partial charge >= 0.3 is 6.18 Å². The van der Waals surface area contributed by atoms with Gasteiger partial charge in [0.2, 0.25) is 0 Å². The molecule has 0 unspecified atom stereocenters. The van der Waals surface area contributed by atoms with Crippen LogP contribution in [0.4, 0.5) is 13.2 Å². The van der Waals surface area contributed by atoms with Crippen molar-refractivity contribution in [1.29, 1.82) is 0 Å². The number of hydrogen-bond acceptors (Lipinski definition) is 3. The van der Waals surface area contributed by atoms with Crippen molar-refractivity contribution in [3.63, 3.8) is 0 Å². The van der Waals surface area contributed by atoms with Crippen LogP contribution in [0.25, 0.3) is 0 Å². The van der Waals surface area contributed by atoms with Crippen LogP contribution in [0, 0.1) is 0 Å². The summed E-state index contributed by atoms with van der Waals surface area (Å²) in [6.07, 6.45) is -6.47. The van der Waals surface area contributed by atoms with Crippen LogP contribution in [0.5, 0.6) is 0 Å². The molecule has 20 heavy (non-hydrogen) atoms. The van der Waals surface area contributed by atoms with Crippen molar-refractivity contribution in [3.8, 4) is 0 Å². The molecule has 0 saturated carbocycles. The molecule has 2 atom stereocenters. The first-order chi connectivity index (χ1) is 9.22. The van der Waals surface area contributed by atoms with Crippen LogP contribution in [0.2, 0.25) is 0 Å². The summed E-state index contributed by atoms with van der Waals surface area (Å²) in [5, 5.41) is 18.8. The van der Waals surface area contributed by atoms with Crippen molar-refractivity contribution >= 4 is 0 Å². The van der Waals surface area contributed by atoms with E-state index >= 15 is 0 Å². The van der Waals surface area contributed by atoms with Crippen molar-refractivity contribution < 1.29 is 28.1 Å². The second-order valence-corrected chi connectivity index (χ2v) is 4.96. The van der Waals surface area contributed by atoms with Crippen LogP contribution in [-0.2, 0) is 11.3 Å². The molecule has 0 aliphatic heterocycles. The van der Waals surface area contributed by atoms with Crippen LogP contribution < -0.4 is 0 Å². The molecule has 2 N–H and O–H groups in total. The topological polar surface area (TPSA) is 49.7 Å². The fraction of sp³-hybridized carbons (Fsp3) is 0.571. The summed E-state index contributed by atoms with van der Waals surface area (Å²) < 4.78 is 42.4. The molecule has 0 spiro atoms. The third-order valence-electron chi connectivity index (χ3n) is 3.00. The van der Waals surface area contributed by atoms with E-state index in [2.05, 4.69) is 0 Å². The van der Waals surface area contributed by atoms with Crippen LogP contribution >= 0.6 is 0 Å². The summed E-state index contributed by atoms with van der Waals surface area (Å²) in [7, 11) is 0. The normalized spacial score (nSPS) is 16.7. The first-order valence-corrected chi connectivity index (χ1v) is 6.31. The van der Waals surface area contributed by atoms with E-state index < -0.39 is 24.3 Å². The van der Waals surface area contributed by atoms with Gasteiger partial charge in [-0.05, 0) is 25.3 Å². The minimum Gasteiger partial charge on any atom is -0.391 e. The average Bonchev–Trinajstić information content (AvgIpc) is 2.36. The van der Waals surface area contributed by atoms with E-state index in [-0.39, 0.29) is 19.6 Å². The fourth-order valence-electron chi connectivity index (χ4n) is 1.56. The van der Waals surface area contributed by atoms with E-state index in [0.717, 1.165) is 5.56 Å². The lowest BCUT2D eigenvalue weighted by Crippen LogP contribution is -2.42. The highest BCUT2D eigenvalue weighted by Gasteiger charge is 2.49. The Balaban J connectivity index is 2.26. The molecule has 0 amide bonds. The van der Waals surface area contributed by atoms with Gasteiger partial charge < -0.3 is 14.9 Å². The number of halogens is 3. The summed E-state index contributed by atoms with van der Waals surface area (Å²) in [5.41, 5.74) is -1.87. The van der Waals surface area contributed by atoms with Gasteiger partial charge in [-0.25, -0.2) is 0 Å². The summed E-state index contributed by atoms with van der Waals surface area (Å²) in [6, 6.07) is 9.24. The predicted octanol–water partition coefficient (Wildman–Crippen LogP) is 2.66. The molecule has 0 heterocycles. The first kappa shape index (κ1) is 16.9. The summed E-state index contributed by atoms with van der Waals surface area (Å²) >= 11 is 0. The van der Waals surface area contributed by atoms with Gasteiger partial charge in [0.1, 0.15) is 0 Å². The Morgan fingerprint density at radius 3 is 2.35 bits per heavy atom. The smallest absolute Gasteiger partial charge is 0.391 e. The molecule has 0 radical (unpaired) electrons. The van der Waals surface area contributed by atoms with Crippen molar-refractivity contribution in [2.24, 2.45) is 0 Å². The zero-order valence-corrected chi connectivity index (χ0v) is 11.2. The standard InChI is InChI=1S/C14H19F3O3/c1-13(19,14(15,16)17)8-7-12(18)10-20-9-11-5-3-2-4-6-11/h2-6,12,18-19H,7-10H2,1H3/t12-,13+/m0/s1. The van der Waals surface area contributed by atoms with E-state index in [0.29, 0.717) is 6.92 Å². The van der Waals surface area contributed by atoms with Crippen molar-refractivity contribution in [1.82, 2.24) is 0 Å². The van der Waals surface area contributed by atoms with Crippen LogP contribution in [-0.4, -0.2) is 34.7 Å². The number of benzene rings is 1. The van der Waals surface area contributed by atoms with Crippen molar-refractivity contribution in [2.45, 2.75) is 44.3 Å². The third-order valence-corrected chi connectivity index (χ3v) is 3.00.